The van der Waals surface area contributed by atoms with Crippen molar-refractivity contribution in [1.82, 2.24) is 10.2 Å². The van der Waals surface area contributed by atoms with Gasteiger partial charge < -0.3 is 10.2 Å². The number of hydrogen-bond donors (Lipinski definition) is 1. The first-order chi connectivity index (χ1) is 16.9. The van der Waals surface area contributed by atoms with Crippen LogP contribution in [-0.4, -0.2) is 56.6 Å². The summed E-state index contributed by atoms with van der Waals surface area (Å²) in [7, 11) is -3.51. The number of anilines is 1. The van der Waals surface area contributed by atoms with Gasteiger partial charge >= 0.3 is 0 Å². The van der Waals surface area contributed by atoms with Crippen LogP contribution in [0.4, 0.5) is 5.69 Å². The molecule has 0 aliphatic heterocycles. The summed E-state index contributed by atoms with van der Waals surface area (Å²) < 4.78 is 26.4. The van der Waals surface area contributed by atoms with E-state index >= 15 is 0 Å². The molecule has 0 aromatic heterocycles. The van der Waals surface area contributed by atoms with Gasteiger partial charge in [-0.2, -0.15) is 0 Å². The number of rotatable bonds is 13. The lowest BCUT2D eigenvalue weighted by molar-refractivity contribution is -0.140. The van der Waals surface area contributed by atoms with Crippen LogP contribution in [0.5, 0.6) is 0 Å². The van der Waals surface area contributed by atoms with Crippen LogP contribution in [0.2, 0.25) is 0 Å². The summed E-state index contributed by atoms with van der Waals surface area (Å²) in [6.45, 7) is 10.2. The first kappa shape index (κ1) is 29.4. The number of amides is 2. The molecule has 2 atom stereocenters. The van der Waals surface area contributed by atoms with Gasteiger partial charge in [0.15, 0.2) is 0 Å². The number of carbonyl (C=O) groups is 2. The van der Waals surface area contributed by atoms with Gasteiger partial charge in [-0.25, -0.2) is 8.42 Å². The molecule has 7 nitrogen and oxygen atoms in total. The van der Waals surface area contributed by atoms with Crippen molar-refractivity contribution in [2.75, 3.05) is 23.7 Å². The second-order valence-corrected chi connectivity index (χ2v) is 11.4. The maximum atomic E-state index is 13.3. The number of aryl methyl sites for hydroxylation is 2. The van der Waals surface area contributed by atoms with Crippen molar-refractivity contribution in [1.29, 1.82) is 0 Å². The predicted molar refractivity (Wildman–Crippen MR) is 147 cm³/mol. The van der Waals surface area contributed by atoms with Crippen LogP contribution in [0, 0.1) is 13.8 Å². The average molecular weight is 516 g/mol. The summed E-state index contributed by atoms with van der Waals surface area (Å²) in [6.07, 6.45) is 3.10. The van der Waals surface area contributed by atoms with Crippen molar-refractivity contribution in [2.24, 2.45) is 0 Å². The maximum Gasteiger partial charge on any atom is 0.242 e. The lowest BCUT2D eigenvalue weighted by Gasteiger charge is -2.30. The molecule has 0 heterocycles. The van der Waals surface area contributed by atoms with Crippen LogP contribution in [0.3, 0.4) is 0 Å². The Morgan fingerprint density at radius 1 is 0.972 bits per heavy atom. The molecule has 0 saturated carbocycles. The number of sulfonamides is 1. The Bertz CT molecular complexity index is 1120. The predicted octanol–water partition coefficient (Wildman–Crippen LogP) is 4.22. The molecular weight excluding hydrogens is 474 g/mol. The van der Waals surface area contributed by atoms with Gasteiger partial charge in [-0.3, -0.25) is 13.9 Å². The van der Waals surface area contributed by atoms with E-state index in [1.165, 1.54) is 10.6 Å². The van der Waals surface area contributed by atoms with E-state index in [0.717, 1.165) is 23.1 Å². The normalized spacial score (nSPS) is 13.1. The molecule has 2 aromatic rings. The number of hydrogen-bond acceptors (Lipinski definition) is 4. The Balaban J connectivity index is 2.13. The molecular formula is C28H41N3O4S. The third kappa shape index (κ3) is 8.66. The van der Waals surface area contributed by atoms with Gasteiger partial charge in [0.05, 0.1) is 11.9 Å². The average Bonchev–Trinajstić information content (AvgIpc) is 2.83. The minimum absolute atomic E-state index is 0.0207. The molecule has 198 valence electrons. The fraction of sp³-hybridized carbons (Fsp3) is 0.500. The van der Waals surface area contributed by atoms with E-state index in [9.17, 15) is 18.0 Å². The van der Waals surface area contributed by atoms with E-state index in [2.05, 4.69) is 5.32 Å². The first-order valence-electron chi connectivity index (χ1n) is 12.6. The molecule has 2 amide bonds. The lowest BCUT2D eigenvalue weighted by atomic mass is 10.1. The van der Waals surface area contributed by atoms with Crippen molar-refractivity contribution in [3.8, 4) is 0 Å². The van der Waals surface area contributed by atoms with Crippen LogP contribution in [-0.2, 0) is 26.0 Å². The topological polar surface area (TPSA) is 86.8 Å². The number of carbonyl (C=O) groups excluding carboxylic acids is 2. The number of benzene rings is 2. The smallest absolute Gasteiger partial charge is 0.242 e. The monoisotopic (exact) mass is 515 g/mol. The first-order valence-corrected chi connectivity index (χ1v) is 14.5. The molecule has 8 heteroatoms. The molecule has 0 spiro atoms. The highest BCUT2D eigenvalue weighted by molar-refractivity contribution is 7.92. The second kappa shape index (κ2) is 13.4. The molecule has 0 unspecified atom stereocenters. The molecule has 0 radical (unpaired) electrons. The van der Waals surface area contributed by atoms with E-state index in [1.54, 1.807) is 17.9 Å². The van der Waals surface area contributed by atoms with Gasteiger partial charge in [-0.1, -0.05) is 43.3 Å². The standard InChI is InChI=1S/C28H41N3O4S/c1-7-23(4)29-28(33)24(5)30(19-17-25-12-9-8-10-13-25)27(32)14-11-18-31(36(6,34)35)26-16-15-21(2)22(3)20-26/h8-10,12-13,15-16,20,23-24H,7,11,14,17-19H2,1-6H3,(H,29,33)/t23-,24+/m0/s1. The van der Waals surface area contributed by atoms with Crippen molar-refractivity contribution in [2.45, 2.75) is 72.4 Å². The summed E-state index contributed by atoms with van der Waals surface area (Å²) in [5, 5.41) is 2.97. The lowest BCUT2D eigenvalue weighted by Crippen LogP contribution is -2.50. The molecule has 0 aliphatic rings. The Labute approximate surface area is 216 Å². The molecule has 0 fully saturated rings. The van der Waals surface area contributed by atoms with E-state index in [0.29, 0.717) is 25.1 Å². The fourth-order valence-electron chi connectivity index (χ4n) is 3.92. The van der Waals surface area contributed by atoms with Gasteiger partial charge in [-0.05, 0) is 75.8 Å². The van der Waals surface area contributed by atoms with Crippen molar-refractivity contribution in [3.63, 3.8) is 0 Å². The molecule has 2 aromatic carbocycles. The van der Waals surface area contributed by atoms with Crippen LogP contribution in [0.25, 0.3) is 0 Å². The third-order valence-corrected chi connectivity index (χ3v) is 7.78. The summed E-state index contributed by atoms with van der Waals surface area (Å²) in [5.74, 6) is -0.343. The van der Waals surface area contributed by atoms with E-state index in [-0.39, 0.29) is 30.8 Å². The van der Waals surface area contributed by atoms with E-state index < -0.39 is 16.1 Å². The van der Waals surface area contributed by atoms with Gasteiger partial charge in [0, 0.05) is 25.6 Å². The summed E-state index contributed by atoms with van der Waals surface area (Å²) in [5.41, 5.74) is 3.77. The molecule has 0 bridgehead atoms. The second-order valence-electron chi connectivity index (χ2n) is 9.52. The van der Waals surface area contributed by atoms with Crippen LogP contribution in [0.15, 0.2) is 48.5 Å². The summed E-state index contributed by atoms with van der Waals surface area (Å²) >= 11 is 0. The van der Waals surface area contributed by atoms with Crippen LogP contribution < -0.4 is 9.62 Å². The Morgan fingerprint density at radius 3 is 2.22 bits per heavy atom. The van der Waals surface area contributed by atoms with E-state index in [4.69, 9.17) is 0 Å². The van der Waals surface area contributed by atoms with Gasteiger partial charge in [0.1, 0.15) is 6.04 Å². The Hall–Kier alpha value is -2.87. The highest BCUT2D eigenvalue weighted by Crippen LogP contribution is 2.22. The largest absolute Gasteiger partial charge is 0.352 e. The zero-order valence-electron chi connectivity index (χ0n) is 22.5. The molecule has 2 rings (SSSR count). The fourth-order valence-corrected chi connectivity index (χ4v) is 4.88. The molecule has 36 heavy (non-hydrogen) atoms. The molecule has 0 saturated heterocycles. The number of nitrogens with zero attached hydrogens (tertiary/aromatic N) is 2. The van der Waals surface area contributed by atoms with Gasteiger partial charge in [0.25, 0.3) is 0 Å². The van der Waals surface area contributed by atoms with Crippen molar-refractivity contribution < 1.29 is 18.0 Å². The van der Waals surface area contributed by atoms with E-state index in [1.807, 2.05) is 70.2 Å². The molecule has 0 aliphatic carbocycles. The quantitative estimate of drug-likeness (QED) is 0.433. The van der Waals surface area contributed by atoms with Crippen molar-refractivity contribution >= 4 is 27.5 Å². The number of nitrogens with one attached hydrogen (secondary N) is 1. The summed E-state index contributed by atoms with van der Waals surface area (Å²) in [4.78, 5) is 27.8. The van der Waals surface area contributed by atoms with Crippen LogP contribution >= 0.6 is 0 Å². The highest BCUT2D eigenvalue weighted by Gasteiger charge is 2.27. The van der Waals surface area contributed by atoms with Crippen LogP contribution in [0.1, 0.15) is 56.7 Å². The summed E-state index contributed by atoms with van der Waals surface area (Å²) in [6, 6.07) is 14.8. The minimum atomic E-state index is -3.51. The SMILES string of the molecule is CC[C@H](C)NC(=O)[C@@H](C)N(CCc1ccccc1)C(=O)CCCN(c1ccc(C)c(C)c1)S(C)(=O)=O. The Morgan fingerprint density at radius 2 is 1.64 bits per heavy atom. The zero-order chi connectivity index (χ0) is 26.9. The third-order valence-electron chi connectivity index (χ3n) is 6.58. The van der Waals surface area contributed by atoms with Gasteiger partial charge in [0.2, 0.25) is 21.8 Å². The highest BCUT2D eigenvalue weighted by atomic mass is 32.2. The Kier molecular flexibility index (Phi) is 11.0. The molecule has 1 N–H and O–H groups in total. The zero-order valence-corrected chi connectivity index (χ0v) is 23.3. The van der Waals surface area contributed by atoms with Crippen molar-refractivity contribution in [3.05, 3.63) is 65.2 Å². The van der Waals surface area contributed by atoms with Gasteiger partial charge in [-0.15, -0.1) is 0 Å². The maximum absolute atomic E-state index is 13.3. The minimum Gasteiger partial charge on any atom is -0.352 e.